The van der Waals surface area contributed by atoms with Crippen LogP contribution in [0.4, 0.5) is 5.69 Å². The number of nitrogens with two attached hydrogens (primary N) is 1. The Morgan fingerprint density at radius 3 is 2.39 bits per heavy atom. The Morgan fingerprint density at radius 2 is 1.82 bits per heavy atom. The molecule has 3 N–H and O–H groups in total. The van der Waals surface area contributed by atoms with Crippen molar-refractivity contribution in [2.75, 3.05) is 17.3 Å². The van der Waals surface area contributed by atoms with E-state index in [-0.39, 0.29) is 30.7 Å². The minimum Gasteiger partial charge on any atom is -0.486 e. The van der Waals surface area contributed by atoms with E-state index < -0.39 is 21.8 Å². The van der Waals surface area contributed by atoms with Crippen LogP contribution in [0.3, 0.4) is 0 Å². The second-order valence-electron chi connectivity index (χ2n) is 6.66. The number of hydrogen-bond donors (Lipinski definition) is 2. The van der Waals surface area contributed by atoms with Crippen LogP contribution in [0.5, 0.6) is 5.75 Å². The Balaban J connectivity index is 0.00000392. The van der Waals surface area contributed by atoms with Crippen molar-refractivity contribution in [3.63, 3.8) is 0 Å². The Kier molecular flexibility index (Phi) is 8.94. The van der Waals surface area contributed by atoms with Crippen molar-refractivity contribution < 1.29 is 17.9 Å². The lowest BCUT2D eigenvalue weighted by Gasteiger charge is -2.17. The molecule has 0 aromatic heterocycles. The molecule has 8 heteroatoms. The monoisotopic (exact) mass is 426 g/mol. The Bertz CT molecular complexity index is 888. The molecule has 2 atom stereocenters. The van der Waals surface area contributed by atoms with Crippen LogP contribution in [0.25, 0.3) is 0 Å². The number of carbonyl (C=O) groups is 1. The zero-order valence-electron chi connectivity index (χ0n) is 16.2. The molecule has 28 heavy (non-hydrogen) atoms. The van der Waals surface area contributed by atoms with Crippen LogP contribution in [-0.2, 0) is 14.6 Å². The summed E-state index contributed by atoms with van der Waals surface area (Å²) in [5.74, 6) is 0.168. The van der Waals surface area contributed by atoms with Crippen molar-refractivity contribution in [3.05, 3.63) is 59.7 Å². The van der Waals surface area contributed by atoms with E-state index in [4.69, 9.17) is 10.5 Å². The third kappa shape index (κ3) is 7.50. The fourth-order valence-electron chi connectivity index (χ4n) is 2.54. The molecule has 0 aliphatic heterocycles. The van der Waals surface area contributed by atoms with Crippen LogP contribution in [0.1, 0.15) is 30.6 Å². The third-order valence-corrected chi connectivity index (χ3v) is 5.15. The van der Waals surface area contributed by atoms with Gasteiger partial charge in [-0.1, -0.05) is 30.3 Å². The first-order chi connectivity index (χ1) is 12.7. The van der Waals surface area contributed by atoms with Gasteiger partial charge in [0.2, 0.25) is 5.91 Å². The molecule has 0 bridgehead atoms. The molecule has 0 aliphatic carbocycles. The zero-order valence-corrected chi connectivity index (χ0v) is 17.8. The van der Waals surface area contributed by atoms with Gasteiger partial charge in [0.15, 0.2) is 0 Å². The summed E-state index contributed by atoms with van der Waals surface area (Å²) in [6.45, 7) is 3.83. The Labute approximate surface area is 172 Å². The van der Waals surface area contributed by atoms with Crippen molar-refractivity contribution in [2.45, 2.75) is 32.4 Å². The molecule has 154 valence electrons. The van der Waals surface area contributed by atoms with Gasteiger partial charge in [0.05, 0.1) is 11.8 Å². The number of halogens is 1. The molecule has 2 aromatic rings. The summed E-state index contributed by atoms with van der Waals surface area (Å²) < 4.78 is 28.4. The molecule has 0 radical (unpaired) electrons. The number of hydrogen-bond acceptors (Lipinski definition) is 5. The van der Waals surface area contributed by atoms with Crippen molar-refractivity contribution in [2.24, 2.45) is 5.73 Å². The average molecular weight is 427 g/mol. The van der Waals surface area contributed by atoms with E-state index in [9.17, 15) is 13.2 Å². The van der Waals surface area contributed by atoms with E-state index in [0.717, 1.165) is 17.4 Å². The topological polar surface area (TPSA) is 98.5 Å². The van der Waals surface area contributed by atoms with E-state index in [1.54, 1.807) is 12.1 Å². The summed E-state index contributed by atoms with van der Waals surface area (Å²) in [6.07, 6.45) is 1.10. The second kappa shape index (κ2) is 10.5. The largest absolute Gasteiger partial charge is 0.486 e. The number of ether oxygens (including phenoxy) is 1. The SMILES string of the molecule is Cc1cc(OC(C)c2ccccc2)ccc1NC(=O)C(N)CCS(C)(=O)=O.Cl. The summed E-state index contributed by atoms with van der Waals surface area (Å²) in [7, 11) is -3.15. The summed E-state index contributed by atoms with van der Waals surface area (Å²) in [4.78, 5) is 12.2. The van der Waals surface area contributed by atoms with E-state index >= 15 is 0 Å². The minimum atomic E-state index is -3.15. The number of carbonyl (C=O) groups excluding carboxylic acids is 1. The Hall–Kier alpha value is -2.09. The van der Waals surface area contributed by atoms with Gasteiger partial charge < -0.3 is 15.8 Å². The first-order valence-electron chi connectivity index (χ1n) is 8.72. The lowest BCUT2D eigenvalue weighted by molar-refractivity contribution is -0.117. The zero-order chi connectivity index (χ0) is 20.0. The van der Waals surface area contributed by atoms with Gasteiger partial charge in [-0.3, -0.25) is 4.79 Å². The molecule has 2 rings (SSSR count). The molecule has 0 saturated carbocycles. The molecule has 0 aliphatic rings. The molecular formula is C20H27ClN2O4S. The van der Waals surface area contributed by atoms with Crippen LogP contribution in [0.2, 0.25) is 0 Å². The van der Waals surface area contributed by atoms with Crippen LogP contribution in [0, 0.1) is 6.92 Å². The number of nitrogens with one attached hydrogen (secondary N) is 1. The fourth-order valence-corrected chi connectivity index (χ4v) is 3.23. The van der Waals surface area contributed by atoms with Crippen molar-refractivity contribution in [1.82, 2.24) is 0 Å². The quantitative estimate of drug-likeness (QED) is 0.675. The number of sulfone groups is 1. The van der Waals surface area contributed by atoms with E-state index in [1.165, 1.54) is 0 Å². The number of aryl methyl sites for hydroxylation is 1. The highest BCUT2D eigenvalue weighted by Crippen LogP contribution is 2.26. The molecular weight excluding hydrogens is 400 g/mol. The van der Waals surface area contributed by atoms with Gasteiger partial charge in [-0.25, -0.2) is 8.42 Å². The highest BCUT2D eigenvalue weighted by Gasteiger charge is 2.17. The molecule has 0 spiro atoms. The van der Waals surface area contributed by atoms with Gasteiger partial charge in [0.25, 0.3) is 0 Å². The standard InChI is InChI=1S/C20H26N2O4S.ClH/c1-14-13-17(26-15(2)16-7-5-4-6-8-16)9-10-19(14)22-20(23)18(21)11-12-27(3,24)25;/h4-10,13,15,18H,11-12,21H2,1-3H3,(H,22,23);1H. The van der Waals surface area contributed by atoms with Crippen LogP contribution < -0.4 is 15.8 Å². The minimum absolute atomic E-state index is 0. The van der Waals surface area contributed by atoms with Crippen molar-refractivity contribution in [1.29, 1.82) is 0 Å². The molecule has 1 amide bonds. The van der Waals surface area contributed by atoms with E-state index in [2.05, 4.69) is 5.32 Å². The third-order valence-electron chi connectivity index (χ3n) is 4.17. The van der Waals surface area contributed by atoms with Gasteiger partial charge in [0.1, 0.15) is 21.7 Å². The van der Waals surface area contributed by atoms with Gasteiger partial charge in [-0.2, -0.15) is 0 Å². The van der Waals surface area contributed by atoms with Crippen LogP contribution >= 0.6 is 12.4 Å². The number of amides is 1. The lowest BCUT2D eigenvalue weighted by atomic mass is 10.1. The summed E-state index contributed by atoms with van der Waals surface area (Å²) in [6, 6.07) is 14.4. The number of rotatable bonds is 8. The summed E-state index contributed by atoms with van der Waals surface area (Å²) in [5, 5.41) is 2.74. The predicted molar refractivity (Wildman–Crippen MR) is 115 cm³/mol. The van der Waals surface area contributed by atoms with Gasteiger partial charge in [0, 0.05) is 11.9 Å². The van der Waals surface area contributed by atoms with E-state index in [1.807, 2.05) is 50.2 Å². The smallest absolute Gasteiger partial charge is 0.241 e. The van der Waals surface area contributed by atoms with Crippen LogP contribution in [-0.4, -0.2) is 32.4 Å². The summed E-state index contributed by atoms with van der Waals surface area (Å²) >= 11 is 0. The summed E-state index contributed by atoms with van der Waals surface area (Å²) in [5.41, 5.74) is 8.30. The maximum absolute atomic E-state index is 12.2. The fraction of sp³-hybridized carbons (Fsp3) is 0.350. The molecule has 2 aromatic carbocycles. The van der Waals surface area contributed by atoms with Crippen molar-refractivity contribution in [3.8, 4) is 5.75 Å². The molecule has 2 unspecified atom stereocenters. The highest BCUT2D eigenvalue weighted by atomic mass is 35.5. The molecule has 0 fully saturated rings. The number of benzene rings is 2. The normalized spacial score (nSPS) is 13.1. The maximum atomic E-state index is 12.2. The number of anilines is 1. The molecule has 0 saturated heterocycles. The van der Waals surface area contributed by atoms with E-state index in [0.29, 0.717) is 11.4 Å². The highest BCUT2D eigenvalue weighted by molar-refractivity contribution is 7.90. The first kappa shape index (κ1) is 23.9. The molecule has 6 nitrogen and oxygen atoms in total. The van der Waals surface area contributed by atoms with Crippen molar-refractivity contribution >= 4 is 33.8 Å². The van der Waals surface area contributed by atoms with Gasteiger partial charge >= 0.3 is 0 Å². The lowest BCUT2D eigenvalue weighted by Crippen LogP contribution is -2.37. The van der Waals surface area contributed by atoms with Gasteiger partial charge in [-0.15, -0.1) is 12.4 Å². The Morgan fingerprint density at radius 1 is 1.18 bits per heavy atom. The maximum Gasteiger partial charge on any atom is 0.241 e. The molecule has 0 heterocycles. The first-order valence-corrected chi connectivity index (χ1v) is 10.8. The average Bonchev–Trinajstić information content (AvgIpc) is 2.62. The van der Waals surface area contributed by atoms with Crippen LogP contribution in [0.15, 0.2) is 48.5 Å². The second-order valence-corrected chi connectivity index (χ2v) is 8.92. The van der Waals surface area contributed by atoms with Gasteiger partial charge in [-0.05, 0) is 49.6 Å². The predicted octanol–water partition coefficient (Wildman–Crippen LogP) is 3.26.